The molecule has 4 aromatic rings. The molecule has 4 rings (SSSR count). The number of amides is 1. The molecule has 166 valence electrons. The maximum Gasteiger partial charge on any atom is 0.326 e. The number of aliphatic carboxylic acids is 1. The molecule has 1 atom stereocenters. The van der Waals surface area contributed by atoms with Gasteiger partial charge in [-0.1, -0.05) is 41.9 Å². The molecule has 0 aliphatic carbocycles. The Labute approximate surface area is 195 Å². The number of carboxylic acids is 1. The van der Waals surface area contributed by atoms with Crippen LogP contribution in [0.15, 0.2) is 72.8 Å². The van der Waals surface area contributed by atoms with Crippen molar-refractivity contribution in [3.8, 4) is 11.6 Å². The lowest BCUT2D eigenvalue weighted by Crippen LogP contribution is -2.42. The third kappa shape index (κ3) is 5.45. The molecule has 0 spiro atoms. The lowest BCUT2D eigenvalue weighted by molar-refractivity contribution is -0.139. The van der Waals surface area contributed by atoms with E-state index in [1.807, 2.05) is 30.3 Å². The van der Waals surface area contributed by atoms with E-state index in [-0.39, 0.29) is 6.42 Å². The van der Waals surface area contributed by atoms with Crippen LogP contribution in [0, 0.1) is 6.92 Å². The average molecular weight is 462 g/mol. The predicted molar refractivity (Wildman–Crippen MR) is 125 cm³/mol. The molecule has 1 heterocycles. The van der Waals surface area contributed by atoms with Gasteiger partial charge in [0, 0.05) is 17.0 Å². The Morgan fingerprint density at radius 1 is 1.00 bits per heavy atom. The molecule has 1 amide bonds. The Morgan fingerprint density at radius 3 is 2.42 bits per heavy atom. The zero-order chi connectivity index (χ0) is 23.4. The van der Waals surface area contributed by atoms with Gasteiger partial charge in [-0.15, -0.1) is 0 Å². The van der Waals surface area contributed by atoms with E-state index in [1.165, 1.54) is 0 Å². The number of hydrogen-bond donors (Lipinski definition) is 2. The van der Waals surface area contributed by atoms with E-state index in [2.05, 4.69) is 15.3 Å². The average Bonchev–Trinajstić information content (AvgIpc) is 2.80. The maximum atomic E-state index is 12.6. The van der Waals surface area contributed by atoms with Crippen molar-refractivity contribution in [3.05, 3.63) is 94.6 Å². The highest BCUT2D eigenvalue weighted by molar-refractivity contribution is 6.31. The molecule has 1 aromatic heterocycles. The summed E-state index contributed by atoms with van der Waals surface area (Å²) in [5.74, 6) is -0.793. The smallest absolute Gasteiger partial charge is 0.326 e. The second-order valence-electron chi connectivity index (χ2n) is 7.43. The molecule has 0 unspecified atom stereocenters. The van der Waals surface area contributed by atoms with E-state index < -0.39 is 17.9 Å². The number of carboxylic acid groups (broad SMARTS) is 1. The summed E-state index contributed by atoms with van der Waals surface area (Å²) in [6.45, 7) is 1.79. The lowest BCUT2D eigenvalue weighted by Gasteiger charge is -2.15. The Balaban J connectivity index is 1.46. The van der Waals surface area contributed by atoms with Gasteiger partial charge in [-0.05, 0) is 55.0 Å². The van der Waals surface area contributed by atoms with Gasteiger partial charge >= 0.3 is 5.97 Å². The van der Waals surface area contributed by atoms with Gasteiger partial charge in [0.15, 0.2) is 0 Å². The summed E-state index contributed by atoms with van der Waals surface area (Å²) in [7, 11) is 0. The molecular weight excluding hydrogens is 442 g/mol. The molecule has 33 heavy (non-hydrogen) atoms. The van der Waals surface area contributed by atoms with E-state index in [0.717, 1.165) is 5.56 Å². The van der Waals surface area contributed by atoms with Crippen molar-refractivity contribution in [3.63, 3.8) is 0 Å². The molecule has 0 saturated heterocycles. The van der Waals surface area contributed by atoms with Crippen LogP contribution in [0.1, 0.15) is 21.6 Å². The van der Waals surface area contributed by atoms with Crippen LogP contribution in [0.25, 0.3) is 11.0 Å². The Morgan fingerprint density at radius 2 is 1.73 bits per heavy atom. The van der Waals surface area contributed by atoms with Crippen LogP contribution < -0.4 is 10.1 Å². The van der Waals surface area contributed by atoms with Crippen molar-refractivity contribution in [2.75, 3.05) is 0 Å². The Bertz CT molecular complexity index is 1310. The zero-order valence-electron chi connectivity index (χ0n) is 17.7. The summed E-state index contributed by atoms with van der Waals surface area (Å²) in [6, 6.07) is 19.7. The molecule has 7 nitrogen and oxygen atoms in total. The van der Waals surface area contributed by atoms with Crippen LogP contribution in [0.4, 0.5) is 0 Å². The first kappa shape index (κ1) is 22.2. The molecule has 8 heteroatoms. The van der Waals surface area contributed by atoms with Gasteiger partial charge in [0.05, 0.1) is 11.0 Å². The van der Waals surface area contributed by atoms with Crippen molar-refractivity contribution in [2.45, 2.75) is 19.4 Å². The molecule has 0 fully saturated rings. The lowest BCUT2D eigenvalue weighted by atomic mass is 10.1. The minimum absolute atomic E-state index is 0.188. The number of halogens is 1. The quantitative estimate of drug-likeness (QED) is 0.409. The summed E-state index contributed by atoms with van der Waals surface area (Å²) in [5, 5.41) is 12.6. The van der Waals surface area contributed by atoms with Crippen molar-refractivity contribution < 1.29 is 19.4 Å². The number of carbonyl (C=O) groups excluding carboxylic acids is 1. The molecule has 0 bridgehead atoms. The topological polar surface area (TPSA) is 101 Å². The highest BCUT2D eigenvalue weighted by atomic mass is 35.5. The van der Waals surface area contributed by atoms with Crippen LogP contribution in [0.5, 0.6) is 11.6 Å². The second kappa shape index (κ2) is 9.67. The number of carbonyl (C=O) groups is 2. The molecule has 0 aliphatic rings. The van der Waals surface area contributed by atoms with E-state index in [9.17, 15) is 14.7 Å². The van der Waals surface area contributed by atoms with E-state index >= 15 is 0 Å². The first-order valence-corrected chi connectivity index (χ1v) is 10.6. The number of nitrogens with zero attached hydrogens (tertiary/aromatic N) is 2. The predicted octanol–water partition coefficient (Wildman–Crippen LogP) is 4.81. The standard InChI is InChI=1S/C25H20ClN3O4/c1-15-24(29-21-14-18(26)9-12-20(21)27-15)33-19-10-7-17(8-11-19)23(30)28-22(25(31)32)13-16-5-3-2-4-6-16/h2-12,14,22H,13H2,1H3,(H,28,30)(H,31,32)/t22-/m0/s1. The van der Waals surface area contributed by atoms with Crippen LogP contribution in [-0.4, -0.2) is 33.0 Å². The third-order valence-corrected chi connectivity index (χ3v) is 5.21. The van der Waals surface area contributed by atoms with Crippen LogP contribution in [0.2, 0.25) is 5.02 Å². The first-order chi connectivity index (χ1) is 15.9. The minimum Gasteiger partial charge on any atom is -0.480 e. The van der Waals surface area contributed by atoms with E-state index in [0.29, 0.717) is 38.9 Å². The highest BCUT2D eigenvalue weighted by Gasteiger charge is 2.21. The fraction of sp³-hybridized carbons (Fsp3) is 0.120. The number of fused-ring (bicyclic) bond motifs is 1. The summed E-state index contributed by atoms with van der Waals surface area (Å²) in [6.07, 6.45) is 0.188. The Hall–Kier alpha value is -3.97. The van der Waals surface area contributed by atoms with Crippen molar-refractivity contribution in [1.82, 2.24) is 15.3 Å². The summed E-state index contributed by atoms with van der Waals surface area (Å²) in [5.41, 5.74) is 3.06. The van der Waals surface area contributed by atoms with Crippen LogP contribution >= 0.6 is 11.6 Å². The van der Waals surface area contributed by atoms with Gasteiger partial charge in [-0.3, -0.25) is 4.79 Å². The van der Waals surface area contributed by atoms with Crippen molar-refractivity contribution >= 4 is 34.5 Å². The second-order valence-corrected chi connectivity index (χ2v) is 7.86. The van der Waals surface area contributed by atoms with Crippen molar-refractivity contribution in [2.24, 2.45) is 0 Å². The molecule has 2 N–H and O–H groups in total. The maximum absolute atomic E-state index is 12.6. The normalized spacial score (nSPS) is 11.7. The van der Waals surface area contributed by atoms with E-state index in [4.69, 9.17) is 16.3 Å². The van der Waals surface area contributed by atoms with E-state index in [1.54, 1.807) is 49.4 Å². The molecule has 0 saturated carbocycles. The van der Waals surface area contributed by atoms with Gasteiger partial charge in [-0.2, -0.15) is 0 Å². The molecular formula is C25H20ClN3O4. The van der Waals surface area contributed by atoms with Gasteiger partial charge in [0.2, 0.25) is 5.88 Å². The van der Waals surface area contributed by atoms with Gasteiger partial charge < -0.3 is 15.2 Å². The van der Waals surface area contributed by atoms with Crippen LogP contribution in [0.3, 0.4) is 0 Å². The third-order valence-electron chi connectivity index (χ3n) is 4.97. The number of aromatic nitrogens is 2. The molecule has 0 aliphatic heterocycles. The number of benzene rings is 3. The molecule has 0 radical (unpaired) electrons. The first-order valence-electron chi connectivity index (χ1n) is 10.2. The fourth-order valence-corrected chi connectivity index (χ4v) is 3.44. The van der Waals surface area contributed by atoms with Gasteiger partial charge in [-0.25, -0.2) is 14.8 Å². The zero-order valence-corrected chi connectivity index (χ0v) is 18.4. The van der Waals surface area contributed by atoms with Crippen molar-refractivity contribution in [1.29, 1.82) is 0 Å². The van der Waals surface area contributed by atoms with Crippen LogP contribution in [-0.2, 0) is 11.2 Å². The summed E-state index contributed by atoms with van der Waals surface area (Å²) >= 11 is 6.04. The summed E-state index contributed by atoms with van der Waals surface area (Å²) < 4.78 is 5.85. The number of ether oxygens (including phenoxy) is 1. The molecule has 3 aromatic carbocycles. The SMILES string of the molecule is Cc1nc2ccc(Cl)cc2nc1Oc1ccc(C(=O)N[C@@H](Cc2ccccc2)C(=O)O)cc1. The summed E-state index contributed by atoms with van der Waals surface area (Å²) in [4.78, 5) is 33.2. The highest BCUT2D eigenvalue weighted by Crippen LogP contribution is 2.26. The number of aryl methyl sites for hydroxylation is 1. The van der Waals surface area contributed by atoms with Gasteiger partial charge in [0.25, 0.3) is 5.91 Å². The largest absolute Gasteiger partial charge is 0.480 e. The van der Waals surface area contributed by atoms with Gasteiger partial charge in [0.1, 0.15) is 17.5 Å². The Kier molecular flexibility index (Phi) is 6.51. The fourth-order valence-electron chi connectivity index (χ4n) is 3.27. The minimum atomic E-state index is -1.10. The number of hydrogen-bond acceptors (Lipinski definition) is 5. The monoisotopic (exact) mass is 461 g/mol. The number of nitrogens with one attached hydrogen (secondary N) is 1. The number of rotatable bonds is 7.